The highest BCUT2D eigenvalue weighted by atomic mass is 17.2. The third-order valence-corrected chi connectivity index (χ3v) is 4.92. The summed E-state index contributed by atoms with van der Waals surface area (Å²) >= 11 is 0. The Morgan fingerprint density at radius 3 is 2.18 bits per heavy atom. The van der Waals surface area contributed by atoms with Crippen molar-refractivity contribution < 1.29 is 14.6 Å². The number of rotatable bonds is 11. The van der Waals surface area contributed by atoms with Crippen molar-refractivity contribution in [3.8, 4) is 0 Å². The molecule has 0 amide bonds. The van der Waals surface area contributed by atoms with Gasteiger partial charge in [0.1, 0.15) is 5.60 Å². The maximum Gasteiger partial charge on any atom is 0.342 e. The number of unbranched alkanes of at least 4 members (excludes halogenated alkanes) is 6. The fourth-order valence-electron chi connectivity index (χ4n) is 3.29. The van der Waals surface area contributed by atoms with E-state index in [4.69, 9.17) is 9.78 Å². The molecule has 3 nitrogen and oxygen atoms in total. The highest BCUT2D eigenvalue weighted by molar-refractivity contribution is 5.68. The van der Waals surface area contributed by atoms with Crippen LogP contribution < -0.4 is 0 Å². The lowest BCUT2D eigenvalue weighted by molar-refractivity contribution is -0.338. The summed E-state index contributed by atoms with van der Waals surface area (Å²) in [5, 5.41) is 0. The molecule has 0 radical (unpaired) electrons. The summed E-state index contributed by atoms with van der Waals surface area (Å²) in [5.41, 5.74) is -0.351. The minimum atomic E-state index is -0.351. The quantitative estimate of drug-likeness (QED) is 0.268. The topological polar surface area (TPSA) is 35.5 Å². The van der Waals surface area contributed by atoms with Crippen LogP contribution in [-0.4, -0.2) is 11.6 Å². The molecule has 0 saturated heterocycles. The van der Waals surface area contributed by atoms with Crippen LogP contribution in [0.5, 0.6) is 0 Å². The van der Waals surface area contributed by atoms with Crippen molar-refractivity contribution in [3.63, 3.8) is 0 Å². The molecular weight excluding hydrogens is 276 g/mol. The van der Waals surface area contributed by atoms with Gasteiger partial charge in [0.25, 0.3) is 0 Å². The highest BCUT2D eigenvalue weighted by Gasteiger charge is 2.33. The van der Waals surface area contributed by atoms with Gasteiger partial charge in [-0.2, -0.15) is 4.89 Å². The van der Waals surface area contributed by atoms with E-state index < -0.39 is 0 Å². The normalized spacial score (nSPS) is 16.7. The smallest absolute Gasteiger partial charge is 0.298 e. The van der Waals surface area contributed by atoms with Gasteiger partial charge in [-0.15, -0.1) is 0 Å². The van der Waals surface area contributed by atoms with Crippen LogP contribution in [0, 0.1) is 5.92 Å². The second-order valence-electron chi connectivity index (χ2n) is 7.35. The van der Waals surface area contributed by atoms with E-state index in [0.717, 1.165) is 12.8 Å². The van der Waals surface area contributed by atoms with E-state index in [-0.39, 0.29) is 11.6 Å². The van der Waals surface area contributed by atoms with Gasteiger partial charge in [0.15, 0.2) is 0 Å². The summed E-state index contributed by atoms with van der Waals surface area (Å²) in [6.45, 7) is 6.32. The standard InChI is InChI=1S/C19H36O3/c1-4-5-6-7-8-9-13-16-18(20)21-22-19(2,3)17-14-11-10-12-15-17/h17H,4-16H2,1-3H3. The van der Waals surface area contributed by atoms with Crippen LogP contribution in [0.3, 0.4) is 0 Å². The van der Waals surface area contributed by atoms with Crippen LogP contribution in [0.25, 0.3) is 0 Å². The molecule has 0 unspecified atom stereocenters. The Bertz CT molecular complexity index is 293. The van der Waals surface area contributed by atoms with Crippen molar-refractivity contribution in [3.05, 3.63) is 0 Å². The van der Waals surface area contributed by atoms with E-state index in [0.29, 0.717) is 12.3 Å². The fourth-order valence-corrected chi connectivity index (χ4v) is 3.29. The lowest BCUT2D eigenvalue weighted by Crippen LogP contribution is -2.36. The van der Waals surface area contributed by atoms with Crippen LogP contribution in [0.1, 0.15) is 104 Å². The monoisotopic (exact) mass is 312 g/mol. The van der Waals surface area contributed by atoms with E-state index >= 15 is 0 Å². The van der Waals surface area contributed by atoms with Gasteiger partial charge in [-0.3, -0.25) is 4.89 Å². The first kappa shape index (κ1) is 19.5. The van der Waals surface area contributed by atoms with Crippen molar-refractivity contribution in [2.45, 2.75) is 110 Å². The third-order valence-electron chi connectivity index (χ3n) is 4.92. The molecule has 0 heterocycles. The SMILES string of the molecule is CCCCCCCCCC(=O)OOC(C)(C)C1CCCCC1. The molecule has 0 N–H and O–H groups in total. The number of carbonyl (C=O) groups excluding carboxylic acids is 1. The summed E-state index contributed by atoms with van der Waals surface area (Å²) < 4.78 is 0. The zero-order valence-corrected chi connectivity index (χ0v) is 15.0. The Hall–Kier alpha value is -0.570. The maximum absolute atomic E-state index is 11.8. The minimum absolute atomic E-state index is 0.211. The van der Waals surface area contributed by atoms with Crippen LogP contribution >= 0.6 is 0 Å². The first-order valence-corrected chi connectivity index (χ1v) is 9.44. The van der Waals surface area contributed by atoms with E-state index in [1.54, 1.807) is 0 Å². The minimum Gasteiger partial charge on any atom is -0.298 e. The summed E-state index contributed by atoms with van der Waals surface area (Å²) in [4.78, 5) is 22.3. The molecule has 1 saturated carbocycles. The van der Waals surface area contributed by atoms with E-state index in [2.05, 4.69) is 6.92 Å². The van der Waals surface area contributed by atoms with Crippen molar-refractivity contribution >= 4 is 5.97 Å². The average Bonchev–Trinajstić information content (AvgIpc) is 2.53. The van der Waals surface area contributed by atoms with Gasteiger partial charge in [0.05, 0.1) is 0 Å². The van der Waals surface area contributed by atoms with Gasteiger partial charge in [-0.25, -0.2) is 4.79 Å². The van der Waals surface area contributed by atoms with Crippen LogP contribution in [-0.2, 0) is 14.6 Å². The molecule has 0 aromatic carbocycles. The molecule has 130 valence electrons. The van der Waals surface area contributed by atoms with Crippen molar-refractivity contribution in [2.24, 2.45) is 5.92 Å². The van der Waals surface area contributed by atoms with Crippen LogP contribution in [0.15, 0.2) is 0 Å². The molecule has 0 atom stereocenters. The third kappa shape index (κ3) is 8.17. The summed E-state index contributed by atoms with van der Waals surface area (Å²) in [5.74, 6) is 0.296. The average molecular weight is 312 g/mol. The van der Waals surface area contributed by atoms with Gasteiger partial charge >= 0.3 is 5.97 Å². The maximum atomic E-state index is 11.8. The molecule has 22 heavy (non-hydrogen) atoms. The van der Waals surface area contributed by atoms with Crippen molar-refractivity contribution in [1.29, 1.82) is 0 Å². The molecular formula is C19H36O3. The van der Waals surface area contributed by atoms with Gasteiger partial charge < -0.3 is 0 Å². The van der Waals surface area contributed by atoms with Gasteiger partial charge in [0.2, 0.25) is 0 Å². The molecule has 3 heteroatoms. The highest BCUT2D eigenvalue weighted by Crippen LogP contribution is 2.34. The Kier molecular flexibility index (Phi) is 9.77. The first-order chi connectivity index (χ1) is 10.6. The summed E-state index contributed by atoms with van der Waals surface area (Å²) in [6.07, 6.45) is 15.2. The summed E-state index contributed by atoms with van der Waals surface area (Å²) in [6, 6.07) is 0. The number of carbonyl (C=O) groups is 1. The number of hydrogen-bond acceptors (Lipinski definition) is 3. The van der Waals surface area contributed by atoms with Crippen molar-refractivity contribution in [1.82, 2.24) is 0 Å². The molecule has 1 aliphatic rings. The lowest BCUT2D eigenvalue weighted by Gasteiger charge is -2.34. The molecule has 0 aliphatic heterocycles. The summed E-state index contributed by atoms with van der Waals surface area (Å²) in [7, 11) is 0. The van der Waals surface area contributed by atoms with E-state index in [1.165, 1.54) is 64.2 Å². The van der Waals surface area contributed by atoms with Gasteiger partial charge in [-0.1, -0.05) is 64.7 Å². The second-order valence-corrected chi connectivity index (χ2v) is 7.35. The molecule has 0 aromatic rings. The zero-order valence-electron chi connectivity index (χ0n) is 15.0. The molecule has 1 fully saturated rings. The Balaban J connectivity index is 2.06. The van der Waals surface area contributed by atoms with E-state index in [9.17, 15) is 4.79 Å². The van der Waals surface area contributed by atoms with Gasteiger partial charge in [-0.05, 0) is 39.0 Å². The Morgan fingerprint density at radius 2 is 1.55 bits per heavy atom. The Labute approximate surface area is 137 Å². The van der Waals surface area contributed by atoms with Crippen molar-refractivity contribution in [2.75, 3.05) is 0 Å². The Morgan fingerprint density at radius 1 is 0.955 bits per heavy atom. The van der Waals surface area contributed by atoms with E-state index in [1.807, 2.05) is 13.8 Å². The molecule has 1 aliphatic carbocycles. The largest absolute Gasteiger partial charge is 0.342 e. The lowest BCUT2D eigenvalue weighted by atomic mass is 9.79. The second kappa shape index (κ2) is 11.0. The predicted octanol–water partition coefficient (Wildman–Crippen LogP) is 5.96. The fraction of sp³-hybridized carbons (Fsp3) is 0.947. The first-order valence-electron chi connectivity index (χ1n) is 9.44. The van der Waals surface area contributed by atoms with Crippen LogP contribution in [0.4, 0.5) is 0 Å². The molecule has 1 rings (SSSR count). The molecule has 0 bridgehead atoms. The number of hydrogen-bond donors (Lipinski definition) is 0. The van der Waals surface area contributed by atoms with Crippen LogP contribution in [0.2, 0.25) is 0 Å². The zero-order chi connectivity index (χ0) is 16.3. The molecule has 0 spiro atoms. The van der Waals surface area contributed by atoms with Gasteiger partial charge in [0, 0.05) is 6.42 Å². The predicted molar refractivity (Wildman–Crippen MR) is 90.4 cm³/mol. The molecule has 0 aromatic heterocycles.